The lowest BCUT2D eigenvalue weighted by Crippen LogP contribution is -2.45. The molecule has 2 fully saturated rings. The molecule has 2 aromatic carbocycles. The van der Waals surface area contributed by atoms with Crippen LogP contribution in [0.4, 0.5) is 8.78 Å². The minimum absolute atomic E-state index is 0.00553. The number of fused-ring (bicyclic) bond motifs is 1. The van der Waals surface area contributed by atoms with Gasteiger partial charge in [0, 0.05) is 38.2 Å². The number of hydrogen-bond donors (Lipinski definition) is 0. The van der Waals surface area contributed by atoms with Gasteiger partial charge in [0.1, 0.15) is 22.7 Å². The summed E-state index contributed by atoms with van der Waals surface area (Å²) in [7, 11) is 0. The van der Waals surface area contributed by atoms with E-state index in [4.69, 9.17) is 37.4 Å². The van der Waals surface area contributed by atoms with Crippen LogP contribution >= 0.6 is 23.2 Å². The molecule has 1 aliphatic carbocycles. The third-order valence-electron chi connectivity index (χ3n) is 8.61. The lowest BCUT2D eigenvalue weighted by molar-refractivity contribution is -0.605. The predicted octanol–water partition coefficient (Wildman–Crippen LogP) is 4.35. The van der Waals surface area contributed by atoms with Crippen LogP contribution in [0.5, 0.6) is 11.5 Å². The van der Waals surface area contributed by atoms with Crippen molar-refractivity contribution >= 4 is 40.1 Å². The van der Waals surface area contributed by atoms with Gasteiger partial charge in [-0.3, -0.25) is 23.6 Å². The summed E-state index contributed by atoms with van der Waals surface area (Å²) in [6.07, 6.45) is 2.82. The first-order valence-corrected chi connectivity index (χ1v) is 16.8. The highest BCUT2D eigenvalue weighted by atomic mass is 35.5. The zero-order chi connectivity index (χ0) is 35.4. The molecule has 6 rings (SSSR count). The summed E-state index contributed by atoms with van der Waals surface area (Å²) in [6.45, 7) is -0.430. The zero-order valence-corrected chi connectivity index (χ0v) is 28.3. The molecular formula is C34H34Cl2F2N4O8. The third-order valence-corrected chi connectivity index (χ3v) is 9.26. The van der Waals surface area contributed by atoms with Gasteiger partial charge >= 0.3 is 18.3 Å². The maximum Gasteiger partial charge on any atom is 0.387 e. The second kappa shape index (κ2) is 15.8. The van der Waals surface area contributed by atoms with Crippen LogP contribution in [0.2, 0.25) is 10.0 Å². The summed E-state index contributed by atoms with van der Waals surface area (Å²) >= 11 is 12.8. The number of pyridine rings is 1. The highest BCUT2D eigenvalue weighted by molar-refractivity contribution is 6.35. The summed E-state index contributed by atoms with van der Waals surface area (Å²) in [5.41, 5.74) is -0.309. The first-order valence-electron chi connectivity index (χ1n) is 16.1. The van der Waals surface area contributed by atoms with Gasteiger partial charge in [0.05, 0.1) is 30.7 Å². The molecule has 0 N–H and O–H groups in total. The van der Waals surface area contributed by atoms with E-state index in [1.807, 2.05) is 0 Å². The molecule has 2 aromatic heterocycles. The minimum atomic E-state index is -3.11. The third kappa shape index (κ3) is 8.55. The predicted molar refractivity (Wildman–Crippen MR) is 179 cm³/mol. The molecule has 1 atom stereocenters. The number of nitrogens with zero attached hydrogens (tertiary/aromatic N) is 4. The van der Waals surface area contributed by atoms with Crippen LogP contribution in [0.3, 0.4) is 0 Å². The molecule has 266 valence electrons. The Balaban J connectivity index is 1.33. The fourth-order valence-corrected chi connectivity index (χ4v) is 6.37. The molecule has 4 aromatic rings. The molecule has 1 aliphatic heterocycles. The van der Waals surface area contributed by atoms with Gasteiger partial charge in [0.2, 0.25) is 0 Å². The molecule has 3 heterocycles. The standard InChI is InChI=1S/C34H34Cl2F2N4O8/c35-25-17-40(46)18-26(36)24(25)16-29(22-7-8-28(50-33(37)38)30(15-22)48-20-21-5-6-21)49-31(43)19-42-27-4-2-1-3-23(27)32(44)41(34(42)45)10-9-39-11-13-47-14-12-39/h1-4,7-8,15,17-18,21,29,33H,5-6,9-14,16,19-20H2/t29-/m0/s1. The number of rotatable bonds is 14. The van der Waals surface area contributed by atoms with Gasteiger partial charge in [0.25, 0.3) is 5.56 Å². The van der Waals surface area contributed by atoms with Crippen LogP contribution in [0.1, 0.15) is 30.1 Å². The Morgan fingerprint density at radius 1 is 1.00 bits per heavy atom. The number of carbonyl (C=O) groups excluding carboxylic acids is 1. The van der Waals surface area contributed by atoms with E-state index in [2.05, 4.69) is 9.64 Å². The van der Waals surface area contributed by atoms with E-state index in [1.54, 1.807) is 24.3 Å². The van der Waals surface area contributed by atoms with Gasteiger partial charge in [0.15, 0.2) is 23.9 Å². The number of ether oxygens (including phenoxy) is 4. The topological polar surface area (TPSA) is 128 Å². The molecule has 0 amide bonds. The van der Waals surface area contributed by atoms with E-state index < -0.39 is 36.5 Å². The second-order valence-corrected chi connectivity index (χ2v) is 12.9. The van der Waals surface area contributed by atoms with Crippen LogP contribution in [-0.2, 0) is 33.8 Å². The smallest absolute Gasteiger partial charge is 0.387 e. The summed E-state index contributed by atoms with van der Waals surface area (Å²) in [5, 5.41) is 12.2. The van der Waals surface area contributed by atoms with Gasteiger partial charge in [-0.2, -0.15) is 13.5 Å². The number of para-hydroxylation sites is 1. The summed E-state index contributed by atoms with van der Waals surface area (Å²) in [4.78, 5) is 43.1. The molecule has 1 saturated carbocycles. The first kappa shape index (κ1) is 35.6. The number of alkyl halides is 2. The average molecular weight is 736 g/mol. The van der Waals surface area contributed by atoms with Crippen molar-refractivity contribution in [3.8, 4) is 11.5 Å². The molecule has 16 heteroatoms. The van der Waals surface area contributed by atoms with Crippen LogP contribution < -0.4 is 25.5 Å². The SMILES string of the molecule is O=C(Cn1c(=O)n(CCN2CCOCC2)c(=O)c2ccccc21)O[C@@H](Cc1c(Cl)c[n+]([O-])cc1Cl)c1ccc(OC(F)F)c(OCC2CC2)c1. The van der Waals surface area contributed by atoms with E-state index in [0.717, 1.165) is 29.8 Å². The van der Waals surface area contributed by atoms with Crippen molar-refractivity contribution in [2.24, 2.45) is 5.92 Å². The monoisotopic (exact) mass is 734 g/mol. The molecule has 50 heavy (non-hydrogen) atoms. The highest BCUT2D eigenvalue weighted by Gasteiger charge is 2.27. The van der Waals surface area contributed by atoms with Crippen LogP contribution in [-0.4, -0.2) is 66.1 Å². The van der Waals surface area contributed by atoms with E-state index >= 15 is 0 Å². The molecule has 0 bridgehead atoms. The Morgan fingerprint density at radius 3 is 2.42 bits per heavy atom. The van der Waals surface area contributed by atoms with Gasteiger partial charge in [-0.05, 0) is 48.6 Å². The van der Waals surface area contributed by atoms with Gasteiger partial charge in [-0.25, -0.2) is 4.79 Å². The normalized spacial score (nSPS) is 15.7. The number of aromatic nitrogens is 3. The quantitative estimate of drug-likeness (QED) is 0.106. The number of halogens is 4. The van der Waals surface area contributed by atoms with Gasteiger partial charge < -0.3 is 24.2 Å². The fraction of sp³-hybridized carbons (Fsp3) is 0.412. The van der Waals surface area contributed by atoms with E-state index in [1.165, 1.54) is 22.8 Å². The molecule has 0 unspecified atom stereocenters. The molecule has 2 aliphatic rings. The molecule has 12 nitrogen and oxygen atoms in total. The average Bonchev–Trinajstić information content (AvgIpc) is 3.92. The van der Waals surface area contributed by atoms with Crippen molar-refractivity contribution in [3.05, 3.63) is 102 Å². The molecule has 0 radical (unpaired) electrons. The Hall–Kier alpha value is -4.24. The Morgan fingerprint density at radius 2 is 1.72 bits per heavy atom. The molecular weight excluding hydrogens is 701 g/mol. The Labute approximate surface area is 294 Å². The second-order valence-electron chi connectivity index (χ2n) is 12.1. The number of hydrogen-bond acceptors (Lipinski definition) is 9. The van der Waals surface area contributed by atoms with Crippen molar-refractivity contribution in [1.82, 2.24) is 14.0 Å². The number of carbonyl (C=O) groups is 1. The van der Waals surface area contributed by atoms with Crippen LogP contribution in [0.25, 0.3) is 10.9 Å². The van der Waals surface area contributed by atoms with E-state index in [0.29, 0.717) is 43.1 Å². The minimum Gasteiger partial charge on any atom is -0.619 e. The van der Waals surface area contributed by atoms with Crippen molar-refractivity contribution in [1.29, 1.82) is 0 Å². The maximum atomic E-state index is 13.8. The summed E-state index contributed by atoms with van der Waals surface area (Å²) in [6, 6.07) is 10.6. The maximum absolute atomic E-state index is 13.8. The van der Waals surface area contributed by atoms with Crippen LogP contribution in [0.15, 0.2) is 64.4 Å². The van der Waals surface area contributed by atoms with E-state index in [9.17, 15) is 28.4 Å². The largest absolute Gasteiger partial charge is 0.619 e. The van der Waals surface area contributed by atoms with Crippen molar-refractivity contribution in [2.75, 3.05) is 39.5 Å². The summed E-state index contributed by atoms with van der Waals surface area (Å²) in [5.74, 6) is -0.739. The Bertz CT molecular complexity index is 1960. The summed E-state index contributed by atoms with van der Waals surface area (Å²) < 4.78 is 51.1. The molecule has 1 saturated heterocycles. The number of benzene rings is 2. The lowest BCUT2D eigenvalue weighted by Gasteiger charge is -2.26. The van der Waals surface area contributed by atoms with Gasteiger partial charge in [-0.15, -0.1) is 0 Å². The van der Waals surface area contributed by atoms with Crippen molar-refractivity contribution < 1.29 is 37.3 Å². The molecule has 0 spiro atoms. The lowest BCUT2D eigenvalue weighted by atomic mass is 10.0. The van der Waals surface area contributed by atoms with Crippen molar-refractivity contribution in [2.45, 2.75) is 45.1 Å². The highest BCUT2D eigenvalue weighted by Crippen LogP contribution is 2.38. The zero-order valence-electron chi connectivity index (χ0n) is 26.8. The van der Waals surface area contributed by atoms with E-state index in [-0.39, 0.29) is 63.5 Å². The number of esters is 1. The Kier molecular flexibility index (Phi) is 11.2. The van der Waals surface area contributed by atoms with Crippen LogP contribution in [0, 0.1) is 11.1 Å². The van der Waals surface area contributed by atoms with Crippen molar-refractivity contribution in [3.63, 3.8) is 0 Å². The number of morpholine rings is 1. The first-order chi connectivity index (χ1) is 24.1. The van der Waals surface area contributed by atoms with Gasteiger partial charge in [-0.1, -0.05) is 41.4 Å². The fourth-order valence-electron chi connectivity index (χ4n) is 5.77.